The van der Waals surface area contributed by atoms with Gasteiger partial charge in [-0.3, -0.25) is 4.90 Å². The normalized spacial score (nSPS) is 17.0. The van der Waals surface area contributed by atoms with E-state index in [1.54, 1.807) is 20.8 Å². The van der Waals surface area contributed by atoms with Gasteiger partial charge in [0.2, 0.25) is 9.05 Å². The summed E-state index contributed by atoms with van der Waals surface area (Å²) in [6, 6.07) is 9.46. The number of amides is 1. The van der Waals surface area contributed by atoms with E-state index in [4.69, 9.17) is 15.4 Å². The highest BCUT2D eigenvalue weighted by atomic mass is 35.7. The van der Waals surface area contributed by atoms with E-state index in [9.17, 15) is 13.2 Å². The molecule has 1 amide bonds. The molecule has 134 valence electrons. The van der Waals surface area contributed by atoms with Crippen LogP contribution >= 0.6 is 10.7 Å². The predicted molar refractivity (Wildman–Crippen MR) is 94.4 cm³/mol. The highest BCUT2D eigenvalue weighted by molar-refractivity contribution is 8.13. The van der Waals surface area contributed by atoms with Crippen LogP contribution in [0.1, 0.15) is 45.6 Å². The standard InChI is InChI=1S/C17H24ClNO4S/c1-16(2,3)23-15(20)19(12-14-8-5-4-6-9-14)17(10-7-11-17)13-24(18,21)22/h4-6,8-9H,7,10-13H2,1-3H3. The van der Waals surface area contributed by atoms with E-state index in [0.717, 1.165) is 12.0 Å². The van der Waals surface area contributed by atoms with E-state index in [2.05, 4.69) is 0 Å². The zero-order valence-electron chi connectivity index (χ0n) is 14.3. The SMILES string of the molecule is CC(C)(C)OC(=O)N(Cc1ccccc1)C1(CS(=O)(=O)Cl)CCC1. The summed E-state index contributed by atoms with van der Waals surface area (Å²) in [7, 11) is 1.77. The maximum atomic E-state index is 12.8. The van der Waals surface area contributed by atoms with Gasteiger partial charge in [-0.1, -0.05) is 30.3 Å². The molecule has 1 saturated carbocycles. The lowest BCUT2D eigenvalue weighted by Crippen LogP contribution is -2.59. The van der Waals surface area contributed by atoms with Crippen LogP contribution in [-0.4, -0.2) is 36.3 Å². The zero-order chi connectivity index (χ0) is 18.0. The molecule has 5 nitrogen and oxygen atoms in total. The molecule has 0 aromatic heterocycles. The van der Waals surface area contributed by atoms with Gasteiger partial charge < -0.3 is 4.74 Å². The third kappa shape index (κ3) is 5.11. The monoisotopic (exact) mass is 373 g/mol. The summed E-state index contributed by atoms with van der Waals surface area (Å²) in [4.78, 5) is 14.3. The molecule has 0 saturated heterocycles. The third-order valence-electron chi connectivity index (χ3n) is 4.10. The highest BCUT2D eigenvalue weighted by Crippen LogP contribution is 2.41. The Morgan fingerprint density at radius 1 is 1.25 bits per heavy atom. The van der Waals surface area contributed by atoms with E-state index in [1.165, 1.54) is 4.90 Å². The zero-order valence-corrected chi connectivity index (χ0v) is 15.9. The molecule has 2 rings (SSSR count). The van der Waals surface area contributed by atoms with Gasteiger partial charge in [0.15, 0.2) is 0 Å². The first-order valence-electron chi connectivity index (χ1n) is 7.98. The molecule has 0 bridgehead atoms. The lowest BCUT2D eigenvalue weighted by molar-refractivity contribution is -0.0224. The molecule has 0 unspecified atom stereocenters. The van der Waals surface area contributed by atoms with Crippen LogP contribution in [0.3, 0.4) is 0 Å². The Balaban J connectivity index is 2.32. The van der Waals surface area contributed by atoms with Gasteiger partial charge in [-0.05, 0) is 45.6 Å². The van der Waals surface area contributed by atoms with E-state index in [1.807, 2.05) is 30.3 Å². The fourth-order valence-corrected chi connectivity index (χ4v) is 4.60. The molecular formula is C17H24ClNO4S. The Labute approximate surface area is 148 Å². The van der Waals surface area contributed by atoms with Crippen LogP contribution in [0.25, 0.3) is 0 Å². The van der Waals surface area contributed by atoms with Gasteiger partial charge in [0.1, 0.15) is 5.60 Å². The summed E-state index contributed by atoms with van der Waals surface area (Å²) in [6.45, 7) is 5.66. The Bertz CT molecular complexity index is 678. The van der Waals surface area contributed by atoms with Gasteiger partial charge in [-0.25, -0.2) is 13.2 Å². The molecular weight excluding hydrogens is 350 g/mol. The van der Waals surface area contributed by atoms with E-state index in [-0.39, 0.29) is 5.75 Å². The quantitative estimate of drug-likeness (QED) is 0.734. The summed E-state index contributed by atoms with van der Waals surface area (Å²) >= 11 is 0. The van der Waals surface area contributed by atoms with Crippen LogP contribution in [0.15, 0.2) is 30.3 Å². The Hall–Kier alpha value is -1.27. The molecule has 0 aliphatic heterocycles. The molecule has 1 aliphatic rings. The Kier molecular flexibility index (Phi) is 5.50. The second kappa shape index (κ2) is 6.92. The van der Waals surface area contributed by atoms with Gasteiger partial charge in [0.05, 0.1) is 11.3 Å². The molecule has 1 fully saturated rings. The van der Waals surface area contributed by atoms with Crippen molar-refractivity contribution >= 4 is 25.8 Å². The van der Waals surface area contributed by atoms with Crippen molar-refractivity contribution in [2.75, 3.05) is 5.75 Å². The second-order valence-electron chi connectivity index (χ2n) is 7.31. The number of carbonyl (C=O) groups excluding carboxylic acids is 1. The van der Waals surface area contributed by atoms with Crippen LogP contribution in [0.4, 0.5) is 4.79 Å². The molecule has 24 heavy (non-hydrogen) atoms. The van der Waals surface area contributed by atoms with Crippen LogP contribution in [0.5, 0.6) is 0 Å². The lowest BCUT2D eigenvalue weighted by Gasteiger charge is -2.49. The number of nitrogens with zero attached hydrogens (tertiary/aromatic N) is 1. The first-order chi connectivity index (χ1) is 11.0. The Morgan fingerprint density at radius 2 is 1.83 bits per heavy atom. The molecule has 1 aromatic rings. The van der Waals surface area contributed by atoms with Crippen molar-refractivity contribution < 1.29 is 17.9 Å². The summed E-state index contributed by atoms with van der Waals surface area (Å²) in [6.07, 6.45) is 1.56. The van der Waals surface area contributed by atoms with Crippen LogP contribution in [-0.2, 0) is 20.3 Å². The van der Waals surface area contributed by atoms with Crippen molar-refractivity contribution in [3.63, 3.8) is 0 Å². The van der Waals surface area contributed by atoms with Crippen LogP contribution in [0, 0.1) is 0 Å². The number of hydrogen-bond donors (Lipinski definition) is 0. The topological polar surface area (TPSA) is 63.7 Å². The average molecular weight is 374 g/mol. The van der Waals surface area contributed by atoms with Gasteiger partial charge in [-0.2, -0.15) is 0 Å². The Morgan fingerprint density at radius 3 is 2.25 bits per heavy atom. The summed E-state index contributed by atoms with van der Waals surface area (Å²) in [5.74, 6) is -0.256. The number of rotatable bonds is 5. The van der Waals surface area contributed by atoms with Gasteiger partial charge in [-0.15, -0.1) is 0 Å². The van der Waals surface area contributed by atoms with Crippen molar-refractivity contribution in [2.24, 2.45) is 0 Å². The second-order valence-corrected chi connectivity index (χ2v) is 10.1. The molecule has 0 atom stereocenters. The third-order valence-corrected chi connectivity index (χ3v) is 5.30. The van der Waals surface area contributed by atoms with Crippen molar-refractivity contribution in [1.29, 1.82) is 0 Å². The van der Waals surface area contributed by atoms with Crippen LogP contribution < -0.4 is 0 Å². The smallest absolute Gasteiger partial charge is 0.411 e. The van der Waals surface area contributed by atoms with Crippen molar-refractivity contribution in [2.45, 2.75) is 57.7 Å². The molecule has 1 aliphatic carbocycles. The van der Waals surface area contributed by atoms with Crippen LogP contribution in [0.2, 0.25) is 0 Å². The molecule has 1 aromatic carbocycles. The van der Waals surface area contributed by atoms with Gasteiger partial charge in [0.25, 0.3) is 0 Å². The van der Waals surface area contributed by atoms with E-state index in [0.29, 0.717) is 19.4 Å². The number of carbonyl (C=O) groups is 1. The highest BCUT2D eigenvalue weighted by Gasteiger charge is 2.48. The number of ether oxygens (including phenoxy) is 1. The summed E-state index contributed by atoms with van der Waals surface area (Å²) in [5, 5.41) is 0. The molecule has 7 heteroatoms. The fraction of sp³-hybridized carbons (Fsp3) is 0.588. The number of benzene rings is 1. The first-order valence-corrected chi connectivity index (χ1v) is 10.5. The first kappa shape index (κ1) is 19.1. The number of hydrogen-bond acceptors (Lipinski definition) is 4. The summed E-state index contributed by atoms with van der Waals surface area (Å²) in [5.41, 5.74) is -0.531. The minimum atomic E-state index is -3.73. The van der Waals surface area contributed by atoms with Gasteiger partial charge in [0, 0.05) is 17.2 Å². The largest absolute Gasteiger partial charge is 0.444 e. The van der Waals surface area contributed by atoms with Gasteiger partial charge >= 0.3 is 6.09 Å². The molecule has 0 radical (unpaired) electrons. The molecule has 0 spiro atoms. The predicted octanol–water partition coefficient (Wildman–Crippen LogP) is 3.92. The minimum Gasteiger partial charge on any atom is -0.444 e. The molecule has 0 heterocycles. The van der Waals surface area contributed by atoms with Crippen molar-refractivity contribution in [1.82, 2.24) is 4.90 Å². The lowest BCUT2D eigenvalue weighted by atomic mass is 9.76. The fourth-order valence-electron chi connectivity index (χ4n) is 2.91. The minimum absolute atomic E-state index is 0.256. The number of halogens is 1. The molecule has 0 N–H and O–H groups in total. The van der Waals surface area contributed by atoms with Crippen molar-refractivity contribution in [3.05, 3.63) is 35.9 Å². The van der Waals surface area contributed by atoms with E-state index < -0.39 is 26.3 Å². The maximum Gasteiger partial charge on any atom is 0.411 e. The maximum absolute atomic E-state index is 12.8. The van der Waals surface area contributed by atoms with E-state index >= 15 is 0 Å². The summed E-state index contributed by atoms with van der Waals surface area (Å²) < 4.78 is 28.9. The average Bonchev–Trinajstić information content (AvgIpc) is 2.39. The van der Waals surface area contributed by atoms with Crippen molar-refractivity contribution in [3.8, 4) is 0 Å².